The Morgan fingerprint density at radius 1 is 0.969 bits per heavy atom. The molecule has 0 aliphatic heterocycles. The number of nitrogens with one attached hydrogen (secondary N) is 1. The van der Waals surface area contributed by atoms with Gasteiger partial charge in [0.1, 0.15) is 5.75 Å². The monoisotopic (exact) mass is 432 g/mol. The van der Waals surface area contributed by atoms with Crippen molar-refractivity contribution in [2.75, 3.05) is 5.32 Å². The lowest BCUT2D eigenvalue weighted by molar-refractivity contribution is -0.384. The Hall–Kier alpha value is -3.41. The molecule has 0 saturated heterocycles. The molecule has 1 aliphatic carbocycles. The third-order valence-electron chi connectivity index (χ3n) is 6.27. The lowest BCUT2D eigenvalue weighted by atomic mass is 9.68. The Bertz CT molecular complexity index is 1130. The highest BCUT2D eigenvalue weighted by molar-refractivity contribution is 6.07. The standard InChI is InChI=1S/C26H28N2O4/c1-18(2)32-24-15-14-23(21-8-4-5-9-22(21)24)27-25(29)26(16-6-3-7-17-26)19-10-12-20(13-11-19)28(30)31/h4-5,8-15,18H,3,6-7,16-17H2,1-2H3,(H,27,29). The second-order valence-corrected chi connectivity index (χ2v) is 8.72. The first-order chi connectivity index (χ1) is 15.4. The lowest BCUT2D eigenvalue weighted by Gasteiger charge is -2.36. The van der Waals surface area contributed by atoms with Gasteiger partial charge in [-0.25, -0.2) is 0 Å². The van der Waals surface area contributed by atoms with Crippen molar-refractivity contribution in [1.82, 2.24) is 0 Å². The van der Waals surface area contributed by atoms with E-state index in [0.717, 1.165) is 59.9 Å². The maximum atomic E-state index is 13.7. The van der Waals surface area contributed by atoms with Crippen molar-refractivity contribution in [3.63, 3.8) is 0 Å². The number of hydrogen-bond acceptors (Lipinski definition) is 4. The summed E-state index contributed by atoms with van der Waals surface area (Å²) in [5.74, 6) is 0.727. The van der Waals surface area contributed by atoms with Crippen LogP contribution in [0.5, 0.6) is 5.75 Å². The molecule has 3 aromatic carbocycles. The molecule has 0 bridgehead atoms. The second kappa shape index (κ2) is 8.99. The van der Waals surface area contributed by atoms with E-state index in [4.69, 9.17) is 4.74 Å². The molecule has 6 nitrogen and oxygen atoms in total. The van der Waals surface area contributed by atoms with E-state index in [2.05, 4.69) is 5.32 Å². The largest absolute Gasteiger partial charge is 0.490 e. The van der Waals surface area contributed by atoms with Gasteiger partial charge in [0.15, 0.2) is 0 Å². The summed E-state index contributed by atoms with van der Waals surface area (Å²) in [6, 6.07) is 18.1. The van der Waals surface area contributed by atoms with Crippen molar-refractivity contribution in [2.45, 2.75) is 57.5 Å². The molecule has 3 aromatic rings. The molecule has 6 heteroatoms. The number of ether oxygens (including phenoxy) is 1. The summed E-state index contributed by atoms with van der Waals surface area (Å²) in [5, 5.41) is 16.1. The van der Waals surface area contributed by atoms with E-state index >= 15 is 0 Å². The molecule has 1 fully saturated rings. The summed E-state index contributed by atoms with van der Waals surface area (Å²) >= 11 is 0. The maximum absolute atomic E-state index is 13.7. The van der Waals surface area contributed by atoms with Crippen LogP contribution in [0.2, 0.25) is 0 Å². The number of nitro groups is 1. The van der Waals surface area contributed by atoms with Crippen LogP contribution >= 0.6 is 0 Å². The number of rotatable bonds is 6. The minimum absolute atomic E-state index is 0.0341. The Labute approximate surface area is 187 Å². The normalized spacial score (nSPS) is 15.5. The summed E-state index contributed by atoms with van der Waals surface area (Å²) in [6.07, 6.45) is 4.49. The summed E-state index contributed by atoms with van der Waals surface area (Å²) in [7, 11) is 0. The van der Waals surface area contributed by atoms with Gasteiger partial charge in [-0.2, -0.15) is 0 Å². The molecule has 1 aliphatic rings. The van der Waals surface area contributed by atoms with Crippen molar-refractivity contribution in [3.05, 3.63) is 76.3 Å². The first-order valence-electron chi connectivity index (χ1n) is 11.2. The first kappa shape index (κ1) is 21.8. The molecule has 32 heavy (non-hydrogen) atoms. The Morgan fingerprint density at radius 2 is 1.62 bits per heavy atom. The van der Waals surface area contributed by atoms with Gasteiger partial charge in [-0.15, -0.1) is 0 Å². The van der Waals surface area contributed by atoms with E-state index in [9.17, 15) is 14.9 Å². The van der Waals surface area contributed by atoms with Gasteiger partial charge in [-0.1, -0.05) is 55.7 Å². The zero-order valence-corrected chi connectivity index (χ0v) is 18.5. The van der Waals surface area contributed by atoms with Crippen LogP contribution < -0.4 is 10.1 Å². The van der Waals surface area contributed by atoms with Crippen molar-refractivity contribution < 1.29 is 14.5 Å². The van der Waals surface area contributed by atoms with Crippen LogP contribution in [0.15, 0.2) is 60.7 Å². The Balaban J connectivity index is 1.70. The fourth-order valence-corrected chi connectivity index (χ4v) is 4.68. The number of anilines is 1. The highest BCUT2D eigenvalue weighted by Crippen LogP contribution is 2.42. The third-order valence-corrected chi connectivity index (χ3v) is 6.27. The van der Waals surface area contributed by atoms with Crippen LogP contribution in [0.25, 0.3) is 10.8 Å². The topological polar surface area (TPSA) is 81.5 Å². The molecular formula is C26H28N2O4. The number of carbonyl (C=O) groups excluding carboxylic acids is 1. The summed E-state index contributed by atoms with van der Waals surface area (Å²) in [6.45, 7) is 3.98. The van der Waals surface area contributed by atoms with Crippen LogP contribution in [0.4, 0.5) is 11.4 Å². The summed E-state index contributed by atoms with van der Waals surface area (Å²) in [5.41, 5.74) is 0.923. The highest BCUT2D eigenvalue weighted by atomic mass is 16.6. The SMILES string of the molecule is CC(C)Oc1ccc(NC(=O)C2(c3ccc([N+](=O)[O-])cc3)CCCCC2)c2ccccc12. The molecule has 0 aromatic heterocycles. The predicted molar refractivity (Wildman–Crippen MR) is 126 cm³/mol. The Morgan fingerprint density at radius 3 is 2.25 bits per heavy atom. The molecule has 1 saturated carbocycles. The summed E-state index contributed by atoms with van der Waals surface area (Å²) < 4.78 is 5.96. The van der Waals surface area contributed by atoms with Gasteiger partial charge in [0, 0.05) is 28.6 Å². The van der Waals surface area contributed by atoms with Crippen molar-refractivity contribution in [2.24, 2.45) is 0 Å². The molecule has 0 heterocycles. The molecule has 0 radical (unpaired) electrons. The van der Waals surface area contributed by atoms with Crippen molar-refractivity contribution in [1.29, 1.82) is 0 Å². The smallest absolute Gasteiger partial charge is 0.269 e. The third kappa shape index (κ3) is 4.17. The van der Waals surface area contributed by atoms with Gasteiger partial charge in [0.25, 0.3) is 5.69 Å². The number of non-ortho nitro benzene ring substituents is 1. The van der Waals surface area contributed by atoms with E-state index in [0.29, 0.717) is 0 Å². The minimum Gasteiger partial charge on any atom is -0.490 e. The molecule has 0 spiro atoms. The molecule has 0 atom stereocenters. The molecule has 0 unspecified atom stereocenters. The van der Waals surface area contributed by atoms with Gasteiger partial charge in [0.05, 0.1) is 16.4 Å². The van der Waals surface area contributed by atoms with Gasteiger partial charge in [-0.3, -0.25) is 14.9 Å². The minimum atomic E-state index is -0.693. The van der Waals surface area contributed by atoms with Gasteiger partial charge in [0.2, 0.25) is 5.91 Å². The average Bonchev–Trinajstić information content (AvgIpc) is 2.81. The maximum Gasteiger partial charge on any atom is 0.269 e. The van der Waals surface area contributed by atoms with E-state index in [1.165, 1.54) is 12.1 Å². The molecule has 1 N–H and O–H groups in total. The van der Waals surface area contributed by atoms with Crippen LogP contribution in [0.3, 0.4) is 0 Å². The number of amides is 1. The number of fused-ring (bicyclic) bond motifs is 1. The predicted octanol–water partition coefficient (Wildman–Crippen LogP) is 6.38. The Kier molecular flexibility index (Phi) is 6.12. The molecule has 4 rings (SSSR count). The van der Waals surface area contributed by atoms with Gasteiger partial charge < -0.3 is 10.1 Å². The zero-order chi connectivity index (χ0) is 22.7. The fraction of sp³-hybridized carbons (Fsp3) is 0.346. The fourth-order valence-electron chi connectivity index (χ4n) is 4.68. The quantitative estimate of drug-likeness (QED) is 0.362. The van der Waals surface area contributed by atoms with Gasteiger partial charge >= 0.3 is 0 Å². The number of nitrogens with zero attached hydrogens (tertiary/aromatic N) is 1. The van der Waals surface area contributed by atoms with E-state index in [-0.39, 0.29) is 17.7 Å². The highest BCUT2D eigenvalue weighted by Gasteiger charge is 2.41. The molecule has 166 valence electrons. The number of carbonyl (C=O) groups is 1. The average molecular weight is 433 g/mol. The van der Waals surface area contributed by atoms with E-state index in [1.54, 1.807) is 12.1 Å². The number of nitro benzene ring substituents is 1. The van der Waals surface area contributed by atoms with E-state index in [1.807, 2.05) is 50.2 Å². The second-order valence-electron chi connectivity index (χ2n) is 8.72. The van der Waals surface area contributed by atoms with Crippen LogP contribution in [0, 0.1) is 10.1 Å². The number of benzene rings is 3. The molecular weight excluding hydrogens is 404 g/mol. The van der Waals surface area contributed by atoms with Crippen LogP contribution in [0.1, 0.15) is 51.5 Å². The van der Waals surface area contributed by atoms with E-state index < -0.39 is 10.3 Å². The first-order valence-corrected chi connectivity index (χ1v) is 11.2. The van der Waals surface area contributed by atoms with Crippen molar-refractivity contribution >= 4 is 28.1 Å². The zero-order valence-electron chi connectivity index (χ0n) is 18.5. The van der Waals surface area contributed by atoms with Crippen molar-refractivity contribution in [3.8, 4) is 5.75 Å². The number of hydrogen-bond donors (Lipinski definition) is 1. The summed E-state index contributed by atoms with van der Waals surface area (Å²) in [4.78, 5) is 24.4. The molecule has 1 amide bonds. The lowest BCUT2D eigenvalue weighted by Crippen LogP contribution is -2.42. The van der Waals surface area contributed by atoms with Crippen LogP contribution in [-0.2, 0) is 10.2 Å². The van der Waals surface area contributed by atoms with Crippen LogP contribution in [-0.4, -0.2) is 16.9 Å². The van der Waals surface area contributed by atoms with Gasteiger partial charge in [-0.05, 0) is 44.4 Å².